The van der Waals surface area contributed by atoms with Crippen LogP contribution in [0.15, 0.2) is 54.6 Å². The fourth-order valence-corrected chi connectivity index (χ4v) is 3.82. The maximum absolute atomic E-state index is 12.9. The van der Waals surface area contributed by atoms with Crippen LogP contribution in [0.4, 0.5) is 11.4 Å². The molecule has 0 unspecified atom stereocenters. The zero-order valence-corrected chi connectivity index (χ0v) is 19.4. The molecular formula is C24H14Cl2N2O7. The summed E-state index contributed by atoms with van der Waals surface area (Å²) in [6, 6.07) is 11.8. The summed E-state index contributed by atoms with van der Waals surface area (Å²) in [5, 5.41) is 11.0. The number of anilines is 1. The van der Waals surface area contributed by atoms with Crippen molar-refractivity contribution in [2.45, 2.75) is 6.92 Å². The zero-order chi connectivity index (χ0) is 25.4. The van der Waals surface area contributed by atoms with E-state index in [-0.39, 0.29) is 43.7 Å². The summed E-state index contributed by atoms with van der Waals surface area (Å²) in [6.07, 6.45) is 0. The largest absolute Gasteiger partial charge is 0.454 e. The Morgan fingerprint density at radius 2 is 1.46 bits per heavy atom. The Morgan fingerprint density at radius 1 is 0.914 bits per heavy atom. The molecule has 0 saturated heterocycles. The van der Waals surface area contributed by atoms with E-state index in [9.17, 15) is 29.3 Å². The molecule has 0 bridgehead atoms. The molecule has 0 radical (unpaired) electrons. The number of non-ortho nitro benzene ring substituents is 1. The molecule has 3 aromatic rings. The molecule has 0 spiro atoms. The van der Waals surface area contributed by atoms with E-state index in [0.717, 1.165) is 4.90 Å². The molecule has 176 valence electrons. The first kappa shape index (κ1) is 24.1. The molecule has 0 fully saturated rings. The highest BCUT2D eigenvalue weighted by molar-refractivity contribution is 6.44. The Labute approximate surface area is 208 Å². The Balaban J connectivity index is 1.53. The number of amides is 2. The van der Waals surface area contributed by atoms with E-state index in [1.807, 2.05) is 0 Å². The van der Waals surface area contributed by atoms with E-state index in [2.05, 4.69) is 0 Å². The quantitative estimate of drug-likeness (QED) is 0.149. The number of nitro groups is 1. The molecule has 0 atom stereocenters. The van der Waals surface area contributed by atoms with Gasteiger partial charge in [-0.3, -0.25) is 24.5 Å². The fraction of sp³-hybridized carbons (Fsp3) is 0.0833. The van der Waals surface area contributed by atoms with Crippen LogP contribution in [0.3, 0.4) is 0 Å². The lowest BCUT2D eigenvalue weighted by Gasteiger charge is -2.17. The van der Waals surface area contributed by atoms with E-state index >= 15 is 0 Å². The van der Waals surface area contributed by atoms with Crippen LogP contribution < -0.4 is 4.90 Å². The number of Topliss-reactive ketones (excluding diaryl/α,β-unsaturated/α-hetero) is 1. The topological polar surface area (TPSA) is 124 Å². The second-order valence-corrected chi connectivity index (χ2v) is 8.38. The molecule has 0 N–H and O–H groups in total. The Kier molecular flexibility index (Phi) is 6.38. The number of benzene rings is 3. The van der Waals surface area contributed by atoms with Gasteiger partial charge in [-0.2, -0.15) is 0 Å². The van der Waals surface area contributed by atoms with Crippen molar-refractivity contribution in [3.63, 3.8) is 0 Å². The maximum atomic E-state index is 12.9. The van der Waals surface area contributed by atoms with Gasteiger partial charge in [0.1, 0.15) is 0 Å². The zero-order valence-electron chi connectivity index (χ0n) is 17.9. The van der Waals surface area contributed by atoms with Crippen LogP contribution in [0.25, 0.3) is 0 Å². The minimum atomic E-state index is -0.857. The van der Waals surface area contributed by atoms with Crippen molar-refractivity contribution in [2.75, 3.05) is 11.5 Å². The molecule has 9 nitrogen and oxygen atoms in total. The Morgan fingerprint density at radius 3 is 2.00 bits per heavy atom. The van der Waals surface area contributed by atoms with Gasteiger partial charge in [-0.15, -0.1) is 0 Å². The monoisotopic (exact) mass is 512 g/mol. The molecule has 4 rings (SSSR count). The van der Waals surface area contributed by atoms with Crippen LogP contribution in [0.5, 0.6) is 0 Å². The molecule has 11 heteroatoms. The van der Waals surface area contributed by atoms with Crippen molar-refractivity contribution < 1.29 is 28.8 Å². The third-order valence-corrected chi connectivity index (χ3v) is 6.07. The number of ether oxygens (including phenoxy) is 1. The van der Waals surface area contributed by atoms with Crippen molar-refractivity contribution in [3.8, 4) is 0 Å². The second kappa shape index (κ2) is 9.28. The van der Waals surface area contributed by atoms with E-state index in [4.69, 9.17) is 27.9 Å². The van der Waals surface area contributed by atoms with Gasteiger partial charge in [0.25, 0.3) is 17.5 Å². The predicted octanol–water partition coefficient (Wildman–Crippen LogP) is 5.05. The van der Waals surface area contributed by atoms with E-state index in [1.54, 1.807) is 6.92 Å². The van der Waals surface area contributed by atoms with E-state index in [1.165, 1.54) is 54.6 Å². The van der Waals surface area contributed by atoms with Gasteiger partial charge in [-0.1, -0.05) is 29.3 Å². The number of halogens is 2. The van der Waals surface area contributed by atoms with Crippen LogP contribution in [-0.4, -0.2) is 35.1 Å². The van der Waals surface area contributed by atoms with E-state index < -0.39 is 35.1 Å². The van der Waals surface area contributed by atoms with Gasteiger partial charge < -0.3 is 4.74 Å². The average molecular weight is 513 g/mol. The van der Waals surface area contributed by atoms with Crippen molar-refractivity contribution in [1.82, 2.24) is 0 Å². The molecule has 1 aliphatic rings. The van der Waals surface area contributed by atoms with Crippen LogP contribution in [0.1, 0.15) is 47.0 Å². The highest BCUT2D eigenvalue weighted by Crippen LogP contribution is 2.35. The van der Waals surface area contributed by atoms with Crippen molar-refractivity contribution >= 4 is 58.1 Å². The molecule has 0 aromatic heterocycles. The highest BCUT2D eigenvalue weighted by Gasteiger charge is 2.38. The van der Waals surface area contributed by atoms with Gasteiger partial charge >= 0.3 is 5.97 Å². The lowest BCUT2D eigenvalue weighted by Crippen LogP contribution is -2.30. The number of fused-ring (bicyclic) bond motifs is 1. The average Bonchev–Trinajstić information content (AvgIpc) is 3.07. The SMILES string of the molecule is Cc1ccc(C(=O)OCC(=O)c2ccc([N+](=O)[O-])cc2)cc1N1C(=O)c2cc(Cl)c(Cl)cc2C1=O. The molecule has 1 aliphatic heterocycles. The van der Waals surface area contributed by atoms with Gasteiger partial charge in [-0.05, 0) is 48.9 Å². The van der Waals surface area contributed by atoms with Gasteiger partial charge in [0, 0.05) is 17.7 Å². The number of esters is 1. The summed E-state index contributed by atoms with van der Waals surface area (Å²) < 4.78 is 5.08. The van der Waals surface area contributed by atoms with Gasteiger partial charge in [0.05, 0.1) is 37.3 Å². The molecule has 0 aliphatic carbocycles. The van der Waals surface area contributed by atoms with Crippen LogP contribution in [0.2, 0.25) is 10.0 Å². The molecule has 1 heterocycles. The smallest absolute Gasteiger partial charge is 0.338 e. The summed E-state index contributed by atoms with van der Waals surface area (Å²) in [4.78, 5) is 61.8. The third-order valence-electron chi connectivity index (χ3n) is 5.35. The number of ketones is 1. The lowest BCUT2D eigenvalue weighted by atomic mass is 10.1. The molecule has 3 aromatic carbocycles. The predicted molar refractivity (Wildman–Crippen MR) is 126 cm³/mol. The van der Waals surface area contributed by atoms with Crippen molar-refractivity contribution in [3.05, 3.63) is 103 Å². The number of aryl methyl sites for hydroxylation is 1. The standard InChI is InChI=1S/C24H14Cl2N2O7/c1-12-2-3-14(24(32)35-11-21(29)13-4-6-15(7-5-13)28(33)34)8-20(12)27-22(30)16-9-18(25)19(26)10-17(16)23(27)31/h2-10H,11H2,1H3. The highest BCUT2D eigenvalue weighted by atomic mass is 35.5. The first-order chi connectivity index (χ1) is 16.6. The fourth-order valence-electron chi connectivity index (χ4n) is 3.50. The number of nitrogens with zero attached hydrogens (tertiary/aromatic N) is 2. The lowest BCUT2D eigenvalue weighted by molar-refractivity contribution is -0.384. The Bertz CT molecular complexity index is 1390. The maximum Gasteiger partial charge on any atom is 0.338 e. The van der Waals surface area contributed by atoms with Gasteiger partial charge in [-0.25, -0.2) is 9.69 Å². The first-order valence-electron chi connectivity index (χ1n) is 10.0. The number of nitro benzene ring substituents is 1. The van der Waals surface area contributed by atoms with Gasteiger partial charge in [0.2, 0.25) is 0 Å². The minimum Gasteiger partial charge on any atom is -0.454 e. The summed E-state index contributed by atoms with van der Waals surface area (Å²) >= 11 is 12.0. The number of rotatable bonds is 6. The summed E-state index contributed by atoms with van der Waals surface area (Å²) in [5.74, 6) is -2.66. The number of carbonyl (C=O) groups excluding carboxylic acids is 4. The summed E-state index contributed by atoms with van der Waals surface area (Å²) in [5.41, 5.74) is 0.847. The van der Waals surface area contributed by atoms with Crippen molar-refractivity contribution in [2.24, 2.45) is 0 Å². The van der Waals surface area contributed by atoms with E-state index in [0.29, 0.717) is 5.56 Å². The van der Waals surface area contributed by atoms with Gasteiger partial charge in [0.15, 0.2) is 12.4 Å². The second-order valence-electron chi connectivity index (χ2n) is 7.56. The minimum absolute atomic E-state index is 0.00900. The van der Waals surface area contributed by atoms with Crippen LogP contribution in [0, 0.1) is 17.0 Å². The molecule has 35 heavy (non-hydrogen) atoms. The molecule has 0 saturated carbocycles. The molecule has 2 amide bonds. The first-order valence-corrected chi connectivity index (χ1v) is 10.8. The number of carbonyl (C=O) groups is 4. The number of hydrogen-bond acceptors (Lipinski definition) is 7. The molecular weight excluding hydrogens is 499 g/mol. The third kappa shape index (κ3) is 4.51. The van der Waals surface area contributed by atoms with Crippen LogP contribution >= 0.6 is 23.2 Å². The van der Waals surface area contributed by atoms with Crippen LogP contribution in [-0.2, 0) is 4.74 Å². The number of hydrogen-bond donors (Lipinski definition) is 0. The van der Waals surface area contributed by atoms with Crippen molar-refractivity contribution in [1.29, 1.82) is 0 Å². The summed E-state index contributed by atoms with van der Waals surface area (Å²) in [6.45, 7) is 1.05. The number of imide groups is 1. The Hall–Kier alpha value is -4.08. The summed E-state index contributed by atoms with van der Waals surface area (Å²) in [7, 11) is 0. The normalized spacial score (nSPS) is 12.5.